The molecule has 2 aromatic rings. The van der Waals surface area contributed by atoms with Gasteiger partial charge in [-0.2, -0.15) is 0 Å². The number of aliphatic hydroxyl groups is 1. The van der Waals surface area contributed by atoms with Gasteiger partial charge in [0.25, 0.3) is 11.8 Å². The van der Waals surface area contributed by atoms with Crippen LogP contribution in [0.2, 0.25) is 0 Å². The molecule has 24 heavy (non-hydrogen) atoms. The maximum absolute atomic E-state index is 12.3. The molecule has 0 saturated heterocycles. The number of fused-ring (bicyclic) bond motifs is 1. The summed E-state index contributed by atoms with van der Waals surface area (Å²) in [6.45, 7) is 0.0287. The minimum atomic E-state index is -0.740. The van der Waals surface area contributed by atoms with Crippen molar-refractivity contribution >= 4 is 17.5 Å². The van der Waals surface area contributed by atoms with Crippen LogP contribution in [0.5, 0.6) is 0 Å². The summed E-state index contributed by atoms with van der Waals surface area (Å²) in [5.41, 5.74) is 2.97. The molecule has 1 aliphatic heterocycles. The van der Waals surface area contributed by atoms with Crippen LogP contribution >= 0.6 is 0 Å². The summed E-state index contributed by atoms with van der Waals surface area (Å²) in [5.74, 6) is -0.652. The number of benzene rings is 2. The van der Waals surface area contributed by atoms with Gasteiger partial charge in [-0.15, -0.1) is 0 Å². The van der Waals surface area contributed by atoms with Gasteiger partial charge in [0.05, 0.1) is 23.8 Å². The van der Waals surface area contributed by atoms with E-state index < -0.39 is 6.10 Å². The fraction of sp³-hybridized carbons (Fsp3) is 0.263. The number of β-amino-alcohol motifs (C(OH)–C–C–N with tert-alkyl or cyclic N) is 1. The molecule has 5 nitrogen and oxygen atoms in total. The molecule has 1 atom stereocenters. The molecule has 0 aromatic heterocycles. The Bertz CT molecular complexity index is 720. The van der Waals surface area contributed by atoms with Crippen molar-refractivity contribution in [1.82, 2.24) is 4.90 Å². The Morgan fingerprint density at radius 2 is 1.58 bits per heavy atom. The van der Waals surface area contributed by atoms with E-state index in [0.29, 0.717) is 24.0 Å². The maximum Gasteiger partial charge on any atom is 0.261 e. The van der Waals surface area contributed by atoms with Gasteiger partial charge in [-0.05, 0) is 42.7 Å². The third-order valence-electron chi connectivity index (χ3n) is 4.28. The van der Waals surface area contributed by atoms with Crippen molar-refractivity contribution in [3.8, 4) is 0 Å². The van der Waals surface area contributed by atoms with Crippen molar-refractivity contribution in [2.75, 3.05) is 18.9 Å². The number of hydrogen-bond donors (Lipinski definition) is 2. The summed E-state index contributed by atoms with van der Waals surface area (Å²) in [5, 5.41) is 13.3. The number of amides is 2. The number of aryl methyl sites for hydroxylation is 1. The first-order chi connectivity index (χ1) is 11.6. The Balaban J connectivity index is 1.58. The highest BCUT2D eigenvalue weighted by molar-refractivity contribution is 6.21. The highest BCUT2D eigenvalue weighted by Crippen LogP contribution is 2.23. The monoisotopic (exact) mass is 324 g/mol. The SMILES string of the molecule is CNc1ccc(CC[C@@H](O)CN2C(=O)c3ccccc3C2=O)cc1. The summed E-state index contributed by atoms with van der Waals surface area (Å²) in [4.78, 5) is 25.7. The number of nitrogens with zero attached hydrogens (tertiary/aromatic N) is 1. The van der Waals surface area contributed by atoms with Crippen molar-refractivity contribution in [3.05, 3.63) is 65.2 Å². The first-order valence-corrected chi connectivity index (χ1v) is 8.00. The fourth-order valence-corrected chi connectivity index (χ4v) is 2.88. The molecule has 1 aliphatic rings. The number of imide groups is 1. The zero-order chi connectivity index (χ0) is 17.1. The van der Waals surface area contributed by atoms with Gasteiger partial charge in [0.2, 0.25) is 0 Å². The van der Waals surface area contributed by atoms with Gasteiger partial charge in [-0.1, -0.05) is 24.3 Å². The van der Waals surface area contributed by atoms with Crippen LogP contribution in [-0.4, -0.2) is 41.5 Å². The van der Waals surface area contributed by atoms with Gasteiger partial charge in [0, 0.05) is 12.7 Å². The topological polar surface area (TPSA) is 69.6 Å². The van der Waals surface area contributed by atoms with Gasteiger partial charge >= 0.3 is 0 Å². The van der Waals surface area contributed by atoms with Gasteiger partial charge in [-0.3, -0.25) is 14.5 Å². The van der Waals surface area contributed by atoms with Crippen molar-refractivity contribution in [2.45, 2.75) is 18.9 Å². The first kappa shape index (κ1) is 16.2. The van der Waals surface area contributed by atoms with Gasteiger partial charge < -0.3 is 10.4 Å². The molecule has 0 fully saturated rings. The second-order valence-corrected chi connectivity index (χ2v) is 5.91. The lowest BCUT2D eigenvalue weighted by atomic mass is 10.1. The molecule has 0 unspecified atom stereocenters. The molecule has 5 heteroatoms. The highest BCUT2D eigenvalue weighted by Gasteiger charge is 2.35. The number of carbonyl (C=O) groups is 2. The van der Waals surface area contributed by atoms with E-state index in [-0.39, 0.29) is 18.4 Å². The number of rotatable bonds is 6. The molecule has 2 N–H and O–H groups in total. The van der Waals surface area contributed by atoms with Crippen LogP contribution in [0.15, 0.2) is 48.5 Å². The summed E-state index contributed by atoms with van der Waals surface area (Å²) in [7, 11) is 1.86. The lowest BCUT2D eigenvalue weighted by molar-refractivity contribution is 0.0534. The smallest absolute Gasteiger partial charge is 0.261 e. The van der Waals surface area contributed by atoms with E-state index in [9.17, 15) is 14.7 Å². The van der Waals surface area contributed by atoms with Gasteiger partial charge in [-0.25, -0.2) is 0 Å². The third kappa shape index (κ3) is 3.16. The second-order valence-electron chi connectivity index (χ2n) is 5.91. The zero-order valence-electron chi connectivity index (χ0n) is 13.5. The fourth-order valence-electron chi connectivity index (χ4n) is 2.88. The molecular weight excluding hydrogens is 304 g/mol. The lowest BCUT2D eigenvalue weighted by Gasteiger charge is -2.18. The molecule has 0 radical (unpaired) electrons. The number of aliphatic hydroxyl groups excluding tert-OH is 1. The van der Waals surface area contributed by atoms with Crippen LogP contribution in [0, 0.1) is 0 Å². The van der Waals surface area contributed by atoms with Crippen LogP contribution < -0.4 is 5.32 Å². The van der Waals surface area contributed by atoms with Gasteiger partial charge in [0.15, 0.2) is 0 Å². The number of anilines is 1. The van der Waals surface area contributed by atoms with Crippen LogP contribution in [0.1, 0.15) is 32.7 Å². The molecular formula is C19H20N2O3. The predicted octanol–water partition coefficient (Wildman–Crippen LogP) is 2.32. The normalized spacial score (nSPS) is 14.7. The average Bonchev–Trinajstić information content (AvgIpc) is 2.86. The largest absolute Gasteiger partial charge is 0.391 e. The number of nitrogens with one attached hydrogen (secondary N) is 1. The summed E-state index contributed by atoms with van der Waals surface area (Å²) < 4.78 is 0. The van der Waals surface area contributed by atoms with Crippen LogP contribution in [-0.2, 0) is 6.42 Å². The number of carbonyl (C=O) groups excluding carboxylic acids is 2. The summed E-state index contributed by atoms with van der Waals surface area (Å²) in [6.07, 6.45) is 0.442. The van der Waals surface area contributed by atoms with Gasteiger partial charge in [0.1, 0.15) is 0 Å². The van der Waals surface area contributed by atoms with Crippen LogP contribution in [0.4, 0.5) is 5.69 Å². The molecule has 124 valence electrons. The molecule has 2 amide bonds. The highest BCUT2D eigenvalue weighted by atomic mass is 16.3. The minimum absolute atomic E-state index is 0.0287. The van der Waals surface area contributed by atoms with E-state index in [4.69, 9.17) is 0 Å². The maximum atomic E-state index is 12.3. The Morgan fingerprint density at radius 3 is 2.12 bits per heavy atom. The Hall–Kier alpha value is -2.66. The molecule has 0 saturated carbocycles. The molecule has 1 heterocycles. The first-order valence-electron chi connectivity index (χ1n) is 8.00. The zero-order valence-corrected chi connectivity index (χ0v) is 13.5. The van der Waals surface area contributed by atoms with E-state index in [0.717, 1.165) is 16.2 Å². The van der Waals surface area contributed by atoms with Crippen molar-refractivity contribution in [1.29, 1.82) is 0 Å². The lowest BCUT2D eigenvalue weighted by Crippen LogP contribution is -2.37. The molecule has 3 rings (SSSR count). The quantitative estimate of drug-likeness (QED) is 0.800. The van der Waals surface area contributed by atoms with Crippen molar-refractivity contribution in [2.24, 2.45) is 0 Å². The third-order valence-corrected chi connectivity index (χ3v) is 4.28. The predicted molar refractivity (Wildman–Crippen MR) is 92.1 cm³/mol. The Morgan fingerprint density at radius 1 is 1.00 bits per heavy atom. The van der Waals surface area contributed by atoms with Crippen LogP contribution in [0.25, 0.3) is 0 Å². The minimum Gasteiger partial charge on any atom is -0.391 e. The Labute approximate surface area is 140 Å². The van der Waals surface area contributed by atoms with Crippen LogP contribution in [0.3, 0.4) is 0 Å². The number of hydrogen-bond acceptors (Lipinski definition) is 4. The van der Waals surface area contributed by atoms with E-state index in [1.807, 2.05) is 31.3 Å². The second kappa shape index (κ2) is 6.84. The van der Waals surface area contributed by atoms with E-state index >= 15 is 0 Å². The average molecular weight is 324 g/mol. The van der Waals surface area contributed by atoms with E-state index in [1.54, 1.807) is 24.3 Å². The molecule has 0 spiro atoms. The molecule has 2 aromatic carbocycles. The standard InChI is InChI=1S/C19H20N2O3/c1-20-14-9-6-13(7-10-14)8-11-15(22)12-21-18(23)16-4-2-3-5-17(16)19(21)24/h2-7,9-10,15,20,22H,8,11-12H2,1H3/t15-/m1/s1. The summed E-state index contributed by atoms with van der Waals surface area (Å²) in [6, 6.07) is 14.7. The molecule has 0 bridgehead atoms. The Kier molecular flexibility index (Phi) is 4.62. The van der Waals surface area contributed by atoms with E-state index in [1.165, 1.54) is 0 Å². The molecule has 0 aliphatic carbocycles. The van der Waals surface area contributed by atoms with Crippen molar-refractivity contribution in [3.63, 3.8) is 0 Å². The van der Waals surface area contributed by atoms with Crippen molar-refractivity contribution < 1.29 is 14.7 Å². The summed E-state index contributed by atoms with van der Waals surface area (Å²) >= 11 is 0. The van der Waals surface area contributed by atoms with E-state index in [2.05, 4.69) is 5.32 Å².